The second-order valence-electron chi connectivity index (χ2n) is 6.61. The molecule has 0 aliphatic carbocycles. The maximum absolute atomic E-state index is 6.86. The Morgan fingerprint density at radius 3 is 1.65 bits per heavy atom. The molecular weight excluding hydrogens is 368 g/mol. The van der Waals surface area contributed by atoms with Crippen LogP contribution in [-0.2, 0) is 22.1 Å². The zero-order valence-corrected chi connectivity index (χ0v) is 19.2. The molecule has 0 atom stereocenters. The largest absolute Gasteiger partial charge is 0.539 e. The lowest BCUT2D eigenvalue weighted by Crippen LogP contribution is -2.77. The molecule has 1 rings (SSSR count). The summed E-state index contributed by atoms with van der Waals surface area (Å²) >= 11 is 0. The third-order valence-electron chi connectivity index (χ3n) is 4.82. The summed E-state index contributed by atoms with van der Waals surface area (Å²) < 4.78 is 32.0. The average Bonchev–Trinajstić information content (AvgIpc) is 2.62. The highest BCUT2D eigenvalue weighted by atomic mass is 29.3. The van der Waals surface area contributed by atoms with Crippen LogP contribution < -0.4 is 11.5 Å². The van der Waals surface area contributed by atoms with E-state index >= 15 is 0 Å². The Bertz CT molecular complexity index is 370. The van der Waals surface area contributed by atoms with E-state index in [1.54, 1.807) is 0 Å². The Balaban J connectivity index is 3.29. The molecule has 0 amide bonds. The first-order chi connectivity index (χ1) is 12.5. The molecule has 1 saturated heterocycles. The van der Waals surface area contributed by atoms with Gasteiger partial charge in [-0.2, -0.15) is 0 Å². The van der Waals surface area contributed by atoms with Crippen molar-refractivity contribution in [1.29, 1.82) is 0 Å². The van der Waals surface area contributed by atoms with Gasteiger partial charge >= 0.3 is 16.4 Å². The fraction of sp³-hybridized carbons (Fsp3) is 1.00. The number of nitrogens with two attached hydrogens (primary N) is 2. The molecule has 0 radical (unpaired) electrons. The van der Waals surface area contributed by atoms with Crippen molar-refractivity contribution in [1.82, 2.24) is 0 Å². The highest BCUT2D eigenvalue weighted by Gasteiger charge is 2.73. The van der Waals surface area contributed by atoms with Crippen LogP contribution in [0.2, 0.25) is 6.04 Å². The summed E-state index contributed by atoms with van der Waals surface area (Å²) in [6.07, 6.45) is 4.48. The van der Waals surface area contributed by atoms with Crippen LogP contribution in [0.4, 0.5) is 0 Å². The maximum atomic E-state index is 6.86. The van der Waals surface area contributed by atoms with Gasteiger partial charge in [-0.3, -0.25) is 0 Å². The molecule has 0 unspecified atom stereocenters. The molecule has 1 aliphatic heterocycles. The van der Waals surface area contributed by atoms with Crippen molar-refractivity contribution in [2.24, 2.45) is 11.5 Å². The highest BCUT2D eigenvalue weighted by molar-refractivity contribution is 7.29. The predicted octanol–water partition coefficient (Wildman–Crippen LogP) is 2.23. The molecule has 0 aromatic carbocycles. The SMILES string of the molecule is CCO[Si]1(OCC)CCC(CCCN)(CCCN)O[Si]1(OCC)OCC. The van der Waals surface area contributed by atoms with Crippen LogP contribution in [0.5, 0.6) is 0 Å². The molecule has 1 fully saturated rings. The van der Waals surface area contributed by atoms with Crippen molar-refractivity contribution < 1.29 is 22.1 Å². The Kier molecular flexibility index (Phi) is 11.0. The van der Waals surface area contributed by atoms with Gasteiger partial charge in [0.25, 0.3) is 0 Å². The summed E-state index contributed by atoms with van der Waals surface area (Å²) in [7, 11) is -5.89. The molecule has 156 valence electrons. The molecule has 0 aromatic heterocycles. The molecule has 7 nitrogen and oxygen atoms in total. The lowest BCUT2D eigenvalue weighted by Gasteiger charge is -2.52. The fourth-order valence-corrected chi connectivity index (χ4v) is 15.5. The van der Waals surface area contributed by atoms with E-state index in [9.17, 15) is 0 Å². The van der Waals surface area contributed by atoms with Crippen molar-refractivity contribution in [3.05, 3.63) is 0 Å². The third-order valence-corrected chi connectivity index (χ3v) is 15.8. The zero-order valence-electron chi connectivity index (χ0n) is 17.2. The highest BCUT2D eigenvalue weighted by Crippen LogP contribution is 2.45. The molecule has 26 heavy (non-hydrogen) atoms. The minimum Gasteiger partial charge on any atom is -0.392 e. The minimum atomic E-state index is -3.13. The van der Waals surface area contributed by atoms with Gasteiger partial charge in [-0.25, -0.2) is 0 Å². The number of rotatable bonds is 14. The van der Waals surface area contributed by atoms with Crippen LogP contribution in [-0.4, -0.2) is 61.5 Å². The van der Waals surface area contributed by atoms with Crippen LogP contribution in [0, 0.1) is 0 Å². The summed E-state index contributed by atoms with van der Waals surface area (Å²) in [6, 6.07) is 0.829. The van der Waals surface area contributed by atoms with E-state index in [0.717, 1.165) is 38.1 Å². The smallest absolute Gasteiger partial charge is 0.392 e. The fourth-order valence-electron chi connectivity index (χ4n) is 3.81. The van der Waals surface area contributed by atoms with Gasteiger partial charge in [0.15, 0.2) is 0 Å². The standard InChI is InChI=1S/C17H40N2O5Si2/c1-5-20-25(21-6-2)16-13-17(11-9-14-18,12-10-15-19)24-26(25,22-7-3)23-8-4/h5-16,18-19H2,1-4H3. The first kappa shape index (κ1) is 24.2. The Morgan fingerprint density at radius 2 is 1.27 bits per heavy atom. The second-order valence-corrected chi connectivity index (χ2v) is 15.2. The minimum absolute atomic E-state index is 0.306. The summed E-state index contributed by atoms with van der Waals surface area (Å²) in [5, 5.41) is 0. The average molecular weight is 409 g/mol. The molecule has 1 aliphatic rings. The molecule has 9 heteroatoms. The Hall–Kier alpha value is 0.154. The summed E-state index contributed by atoms with van der Waals surface area (Å²) in [5.41, 5.74) is 11.3. The molecule has 1 heterocycles. The third kappa shape index (κ3) is 5.58. The van der Waals surface area contributed by atoms with Crippen molar-refractivity contribution in [3.63, 3.8) is 0 Å². The maximum Gasteiger partial charge on any atom is 0.539 e. The van der Waals surface area contributed by atoms with Gasteiger partial charge < -0.3 is 33.6 Å². The summed E-state index contributed by atoms with van der Waals surface area (Å²) in [5.74, 6) is 0. The van der Waals surface area contributed by atoms with Crippen LogP contribution >= 0.6 is 0 Å². The van der Waals surface area contributed by atoms with E-state index in [1.807, 2.05) is 27.7 Å². The van der Waals surface area contributed by atoms with Gasteiger partial charge in [0.1, 0.15) is 0 Å². The quantitative estimate of drug-likeness (QED) is 0.425. The van der Waals surface area contributed by atoms with Crippen LogP contribution in [0.25, 0.3) is 0 Å². The lowest BCUT2D eigenvalue weighted by atomic mass is 9.89. The number of hydrogen-bond donors (Lipinski definition) is 2. The van der Waals surface area contributed by atoms with Gasteiger partial charge in [-0.1, -0.05) is 0 Å². The van der Waals surface area contributed by atoms with Gasteiger partial charge in [0.2, 0.25) is 0 Å². The van der Waals surface area contributed by atoms with E-state index in [-0.39, 0.29) is 5.60 Å². The monoisotopic (exact) mass is 408 g/mol. The first-order valence-electron chi connectivity index (χ1n) is 10.2. The molecule has 0 aromatic rings. The Labute approximate surface area is 161 Å². The van der Waals surface area contributed by atoms with E-state index in [0.29, 0.717) is 39.5 Å². The lowest BCUT2D eigenvalue weighted by molar-refractivity contribution is -0.0547. The van der Waals surface area contributed by atoms with Crippen molar-refractivity contribution in [2.45, 2.75) is 71.4 Å². The topological polar surface area (TPSA) is 98.2 Å². The summed E-state index contributed by atoms with van der Waals surface area (Å²) in [4.78, 5) is 0. The molecule has 0 bridgehead atoms. The van der Waals surface area contributed by atoms with E-state index in [4.69, 9.17) is 33.6 Å². The van der Waals surface area contributed by atoms with E-state index in [1.165, 1.54) is 0 Å². The van der Waals surface area contributed by atoms with Crippen molar-refractivity contribution in [3.8, 4) is 0 Å². The van der Waals surface area contributed by atoms with Gasteiger partial charge in [-0.05, 0) is 78.9 Å². The molecule has 4 N–H and O–H groups in total. The second kappa shape index (κ2) is 11.9. The van der Waals surface area contributed by atoms with Crippen molar-refractivity contribution >= 4 is 16.4 Å². The zero-order chi connectivity index (χ0) is 19.5. The van der Waals surface area contributed by atoms with Crippen LogP contribution in [0.1, 0.15) is 59.8 Å². The van der Waals surface area contributed by atoms with Crippen LogP contribution in [0.3, 0.4) is 0 Å². The first-order valence-corrected chi connectivity index (χ1v) is 14.9. The summed E-state index contributed by atoms with van der Waals surface area (Å²) in [6.45, 7) is 11.4. The van der Waals surface area contributed by atoms with Gasteiger partial charge in [-0.15, -0.1) is 0 Å². The number of hydrogen-bond acceptors (Lipinski definition) is 7. The van der Waals surface area contributed by atoms with Gasteiger partial charge in [0, 0.05) is 26.4 Å². The van der Waals surface area contributed by atoms with E-state index < -0.39 is 16.4 Å². The Morgan fingerprint density at radius 1 is 0.808 bits per heavy atom. The normalized spacial score (nSPS) is 21.0. The van der Waals surface area contributed by atoms with Crippen molar-refractivity contribution in [2.75, 3.05) is 39.5 Å². The molecule has 0 saturated carbocycles. The molecule has 0 spiro atoms. The van der Waals surface area contributed by atoms with Gasteiger partial charge in [0.05, 0.1) is 5.60 Å². The van der Waals surface area contributed by atoms with Crippen LogP contribution in [0.15, 0.2) is 0 Å². The predicted molar refractivity (Wildman–Crippen MR) is 108 cm³/mol. The molecular formula is C17H40N2O5Si2. The van der Waals surface area contributed by atoms with E-state index in [2.05, 4.69) is 0 Å².